The molecule has 0 amide bonds. The number of hydrogen-bond acceptors (Lipinski definition) is 3. The highest BCUT2D eigenvalue weighted by Crippen LogP contribution is 2.30. The summed E-state index contributed by atoms with van der Waals surface area (Å²) in [5.41, 5.74) is 1.31. The first-order valence-corrected chi connectivity index (χ1v) is 5.94. The smallest absolute Gasteiger partial charge is 0.119 e. The van der Waals surface area contributed by atoms with E-state index in [0.29, 0.717) is 5.37 Å². The molecule has 76 valence electrons. The molecule has 0 saturated carbocycles. The summed E-state index contributed by atoms with van der Waals surface area (Å²) in [6.07, 6.45) is 1.27. The fraction of sp³-hybridized carbons (Fsp3) is 0.455. The minimum atomic E-state index is 0.443. The maximum atomic E-state index is 5.21. The molecule has 2 nitrogen and oxygen atoms in total. The van der Waals surface area contributed by atoms with E-state index in [1.54, 1.807) is 7.11 Å². The van der Waals surface area contributed by atoms with Crippen molar-refractivity contribution < 1.29 is 4.74 Å². The Morgan fingerprint density at radius 3 is 3.14 bits per heavy atom. The Hall–Kier alpha value is -0.670. The number of hydrogen-bond donors (Lipinski definition) is 1. The molecule has 0 radical (unpaired) electrons. The molecule has 1 atom stereocenters. The Morgan fingerprint density at radius 1 is 1.50 bits per heavy atom. The standard InChI is InChI=1S/C11H15NOS/c1-13-10-5-2-4-9(8-10)11-12-6-3-7-14-11/h2,4-5,8,11-12H,3,6-7H2,1H3. The quantitative estimate of drug-likeness (QED) is 0.808. The molecule has 0 aliphatic carbocycles. The Balaban J connectivity index is 2.13. The lowest BCUT2D eigenvalue weighted by atomic mass is 10.2. The molecule has 1 aromatic carbocycles. The van der Waals surface area contributed by atoms with Crippen LogP contribution in [0.3, 0.4) is 0 Å². The zero-order valence-corrected chi connectivity index (χ0v) is 9.14. The van der Waals surface area contributed by atoms with Crippen molar-refractivity contribution >= 4 is 11.8 Å². The lowest BCUT2D eigenvalue weighted by Crippen LogP contribution is -2.25. The molecule has 1 fully saturated rings. The van der Waals surface area contributed by atoms with Crippen molar-refractivity contribution in [3.63, 3.8) is 0 Å². The summed E-state index contributed by atoms with van der Waals surface area (Å²) in [6, 6.07) is 8.29. The van der Waals surface area contributed by atoms with Crippen LogP contribution in [0.2, 0.25) is 0 Å². The van der Waals surface area contributed by atoms with Crippen LogP contribution >= 0.6 is 11.8 Å². The highest BCUT2D eigenvalue weighted by atomic mass is 32.2. The van der Waals surface area contributed by atoms with Gasteiger partial charge in [0.05, 0.1) is 12.5 Å². The predicted molar refractivity (Wildman–Crippen MR) is 60.8 cm³/mol. The van der Waals surface area contributed by atoms with Crippen molar-refractivity contribution in [2.24, 2.45) is 0 Å². The Kier molecular flexibility index (Phi) is 3.32. The molecule has 0 spiro atoms. The molecule has 1 aromatic rings. The zero-order chi connectivity index (χ0) is 9.80. The minimum absolute atomic E-state index is 0.443. The second-order valence-corrected chi connectivity index (χ2v) is 4.55. The Labute approximate surface area is 89.0 Å². The van der Waals surface area contributed by atoms with E-state index in [1.807, 2.05) is 23.9 Å². The molecule has 1 aliphatic rings. The van der Waals surface area contributed by atoms with Crippen molar-refractivity contribution in [3.05, 3.63) is 29.8 Å². The van der Waals surface area contributed by atoms with Crippen LogP contribution in [0.25, 0.3) is 0 Å². The molecule has 2 rings (SSSR count). The van der Waals surface area contributed by atoms with Gasteiger partial charge in [-0.05, 0) is 36.4 Å². The first-order chi connectivity index (χ1) is 6.90. The maximum absolute atomic E-state index is 5.21. The van der Waals surface area contributed by atoms with Gasteiger partial charge < -0.3 is 10.1 Å². The van der Waals surface area contributed by atoms with Gasteiger partial charge in [-0.25, -0.2) is 0 Å². The molecule has 3 heteroatoms. The van der Waals surface area contributed by atoms with E-state index in [1.165, 1.54) is 17.7 Å². The monoisotopic (exact) mass is 209 g/mol. The van der Waals surface area contributed by atoms with E-state index in [9.17, 15) is 0 Å². The van der Waals surface area contributed by atoms with Crippen LogP contribution in [0.4, 0.5) is 0 Å². The third kappa shape index (κ3) is 2.22. The molecular formula is C11H15NOS. The first-order valence-electron chi connectivity index (χ1n) is 4.89. The summed E-state index contributed by atoms with van der Waals surface area (Å²) in [5, 5.41) is 3.94. The van der Waals surface area contributed by atoms with Gasteiger partial charge in [-0.2, -0.15) is 0 Å². The fourth-order valence-electron chi connectivity index (χ4n) is 1.58. The van der Waals surface area contributed by atoms with Crippen molar-refractivity contribution in [1.29, 1.82) is 0 Å². The van der Waals surface area contributed by atoms with Crippen molar-refractivity contribution in [3.8, 4) is 5.75 Å². The van der Waals surface area contributed by atoms with Crippen molar-refractivity contribution in [2.75, 3.05) is 19.4 Å². The summed E-state index contributed by atoms with van der Waals surface area (Å²) in [7, 11) is 1.71. The van der Waals surface area contributed by atoms with E-state index in [-0.39, 0.29) is 0 Å². The number of ether oxygens (including phenoxy) is 1. The molecule has 1 saturated heterocycles. The van der Waals surface area contributed by atoms with Crippen LogP contribution in [0.15, 0.2) is 24.3 Å². The second-order valence-electron chi connectivity index (χ2n) is 3.34. The van der Waals surface area contributed by atoms with E-state index in [4.69, 9.17) is 4.74 Å². The summed E-state index contributed by atoms with van der Waals surface area (Å²) in [5.74, 6) is 2.19. The average Bonchev–Trinajstić information content (AvgIpc) is 2.30. The predicted octanol–water partition coefficient (Wildman–Crippen LogP) is 2.42. The normalized spacial score (nSPS) is 21.9. The molecule has 14 heavy (non-hydrogen) atoms. The largest absolute Gasteiger partial charge is 0.497 e. The van der Waals surface area contributed by atoms with Gasteiger partial charge in [0, 0.05) is 0 Å². The summed E-state index contributed by atoms with van der Waals surface area (Å²) in [6.45, 7) is 1.12. The number of thioether (sulfide) groups is 1. The topological polar surface area (TPSA) is 21.3 Å². The fourth-order valence-corrected chi connectivity index (χ4v) is 2.71. The lowest BCUT2D eigenvalue weighted by Gasteiger charge is -2.23. The Morgan fingerprint density at radius 2 is 2.43 bits per heavy atom. The van der Waals surface area contributed by atoms with Crippen LogP contribution in [0.1, 0.15) is 17.4 Å². The average molecular weight is 209 g/mol. The first kappa shape index (κ1) is 9.87. The molecule has 1 heterocycles. The van der Waals surface area contributed by atoms with Crippen LogP contribution < -0.4 is 10.1 Å². The SMILES string of the molecule is COc1cccc(C2NCCCS2)c1. The van der Waals surface area contributed by atoms with Gasteiger partial charge >= 0.3 is 0 Å². The molecular weight excluding hydrogens is 194 g/mol. The van der Waals surface area contributed by atoms with Crippen molar-refractivity contribution in [1.82, 2.24) is 5.32 Å². The molecule has 1 aliphatic heterocycles. The van der Waals surface area contributed by atoms with Gasteiger partial charge in [-0.3, -0.25) is 0 Å². The van der Waals surface area contributed by atoms with Crippen molar-refractivity contribution in [2.45, 2.75) is 11.8 Å². The van der Waals surface area contributed by atoms with E-state index in [2.05, 4.69) is 17.4 Å². The summed E-state index contributed by atoms with van der Waals surface area (Å²) < 4.78 is 5.21. The number of rotatable bonds is 2. The van der Waals surface area contributed by atoms with Gasteiger partial charge in [-0.15, -0.1) is 11.8 Å². The molecule has 1 N–H and O–H groups in total. The van der Waals surface area contributed by atoms with Crippen LogP contribution in [0.5, 0.6) is 5.75 Å². The van der Waals surface area contributed by atoms with Gasteiger partial charge in [0.1, 0.15) is 5.75 Å². The third-order valence-electron chi connectivity index (χ3n) is 2.33. The number of methoxy groups -OCH3 is 1. The summed E-state index contributed by atoms with van der Waals surface area (Å²) in [4.78, 5) is 0. The number of nitrogens with one attached hydrogen (secondary N) is 1. The molecule has 0 bridgehead atoms. The van der Waals surface area contributed by atoms with Crippen LogP contribution in [-0.2, 0) is 0 Å². The second kappa shape index (κ2) is 4.71. The van der Waals surface area contributed by atoms with E-state index in [0.717, 1.165) is 12.3 Å². The van der Waals surface area contributed by atoms with Gasteiger partial charge in [-0.1, -0.05) is 12.1 Å². The van der Waals surface area contributed by atoms with Crippen LogP contribution in [0, 0.1) is 0 Å². The van der Waals surface area contributed by atoms with Gasteiger partial charge in [0.25, 0.3) is 0 Å². The van der Waals surface area contributed by atoms with E-state index < -0.39 is 0 Å². The van der Waals surface area contributed by atoms with Gasteiger partial charge in [0.15, 0.2) is 0 Å². The molecule has 1 unspecified atom stereocenters. The minimum Gasteiger partial charge on any atom is -0.497 e. The van der Waals surface area contributed by atoms with E-state index >= 15 is 0 Å². The highest BCUT2D eigenvalue weighted by Gasteiger charge is 2.14. The highest BCUT2D eigenvalue weighted by molar-refractivity contribution is 7.99. The van der Waals surface area contributed by atoms with Crippen LogP contribution in [-0.4, -0.2) is 19.4 Å². The maximum Gasteiger partial charge on any atom is 0.119 e. The lowest BCUT2D eigenvalue weighted by molar-refractivity contribution is 0.414. The third-order valence-corrected chi connectivity index (χ3v) is 3.63. The number of benzene rings is 1. The Bertz CT molecular complexity index is 297. The zero-order valence-electron chi connectivity index (χ0n) is 8.32. The molecule has 0 aromatic heterocycles. The van der Waals surface area contributed by atoms with Gasteiger partial charge in [0.2, 0.25) is 0 Å². The summed E-state index contributed by atoms with van der Waals surface area (Å²) >= 11 is 1.97.